The lowest BCUT2D eigenvalue weighted by Gasteiger charge is -2.09. The van der Waals surface area contributed by atoms with Crippen LogP contribution in [0.4, 0.5) is 8.78 Å². The van der Waals surface area contributed by atoms with Crippen LogP contribution in [-0.2, 0) is 19.6 Å². The van der Waals surface area contributed by atoms with Gasteiger partial charge in [-0.1, -0.05) is 30.3 Å². The number of benzene rings is 2. The lowest BCUT2D eigenvalue weighted by atomic mass is 10.1. The fourth-order valence-corrected chi connectivity index (χ4v) is 2.55. The molecule has 4 nitrogen and oxygen atoms in total. The lowest BCUT2D eigenvalue weighted by molar-refractivity contribution is 0.274. The summed E-state index contributed by atoms with van der Waals surface area (Å²) in [5, 5.41) is 6.83. The van der Waals surface area contributed by atoms with Crippen molar-refractivity contribution < 1.29 is 13.5 Å². The maximum atomic E-state index is 13.6. The number of aromatic amines is 1. The molecule has 0 unspecified atom stereocenters. The highest BCUT2D eigenvalue weighted by molar-refractivity contribution is 7.71. The minimum absolute atomic E-state index is 0.0278. The number of aromatic nitrogens is 3. The average Bonchev–Trinajstić information content (AvgIpc) is 2.93. The van der Waals surface area contributed by atoms with Gasteiger partial charge in [0.2, 0.25) is 0 Å². The first-order valence-corrected chi connectivity index (χ1v) is 7.80. The van der Waals surface area contributed by atoms with Crippen LogP contribution in [0.1, 0.15) is 11.4 Å². The summed E-state index contributed by atoms with van der Waals surface area (Å²) in [5.74, 6) is -0.870. The molecule has 0 aliphatic heterocycles. The van der Waals surface area contributed by atoms with E-state index in [2.05, 4.69) is 10.2 Å². The van der Waals surface area contributed by atoms with Gasteiger partial charge < -0.3 is 9.30 Å². The van der Waals surface area contributed by atoms with E-state index in [4.69, 9.17) is 17.0 Å². The number of aryl methyl sites for hydroxylation is 1. The topological polar surface area (TPSA) is 42.8 Å². The predicted molar refractivity (Wildman–Crippen MR) is 88.2 cm³/mol. The van der Waals surface area contributed by atoms with Crippen LogP contribution in [0.3, 0.4) is 0 Å². The van der Waals surface area contributed by atoms with Gasteiger partial charge in [0.1, 0.15) is 12.4 Å². The van der Waals surface area contributed by atoms with Crippen LogP contribution < -0.4 is 4.74 Å². The number of rotatable bonds is 6. The van der Waals surface area contributed by atoms with E-state index < -0.39 is 11.6 Å². The fraction of sp³-hybridized carbons (Fsp3) is 0.176. The zero-order valence-corrected chi connectivity index (χ0v) is 13.5. The largest absolute Gasteiger partial charge is 0.483 e. The van der Waals surface area contributed by atoms with Crippen LogP contribution in [-0.4, -0.2) is 14.8 Å². The Balaban J connectivity index is 1.69. The van der Waals surface area contributed by atoms with Crippen molar-refractivity contribution in [2.24, 2.45) is 0 Å². The second kappa shape index (κ2) is 7.35. The highest BCUT2D eigenvalue weighted by Gasteiger charge is 2.10. The molecule has 2 aromatic carbocycles. The second-order valence-electron chi connectivity index (χ2n) is 5.20. The summed E-state index contributed by atoms with van der Waals surface area (Å²) in [4.78, 5) is 0. The molecule has 0 spiro atoms. The zero-order chi connectivity index (χ0) is 16.9. The first-order chi connectivity index (χ1) is 11.6. The van der Waals surface area contributed by atoms with Gasteiger partial charge in [-0.2, -0.15) is 5.10 Å². The van der Waals surface area contributed by atoms with Crippen molar-refractivity contribution in [2.75, 3.05) is 0 Å². The van der Waals surface area contributed by atoms with Gasteiger partial charge in [0.15, 0.2) is 22.2 Å². The fourth-order valence-electron chi connectivity index (χ4n) is 2.31. The summed E-state index contributed by atoms with van der Waals surface area (Å²) in [6.45, 7) is 0.661. The third-order valence-electron chi connectivity index (χ3n) is 3.55. The van der Waals surface area contributed by atoms with Crippen LogP contribution in [0.25, 0.3) is 0 Å². The molecule has 0 saturated heterocycles. The molecule has 0 aliphatic rings. The molecular weight excluding hydrogens is 332 g/mol. The number of nitrogens with one attached hydrogen (secondary N) is 1. The number of nitrogens with zero attached hydrogens (tertiary/aromatic N) is 2. The molecule has 1 heterocycles. The first kappa shape index (κ1) is 16.3. The van der Waals surface area contributed by atoms with Crippen molar-refractivity contribution >= 4 is 12.2 Å². The van der Waals surface area contributed by atoms with Crippen LogP contribution >= 0.6 is 12.2 Å². The Hall–Kier alpha value is -2.54. The van der Waals surface area contributed by atoms with Crippen LogP contribution in [0.2, 0.25) is 0 Å². The monoisotopic (exact) mass is 347 g/mol. The maximum Gasteiger partial charge on any atom is 0.195 e. The van der Waals surface area contributed by atoms with Crippen LogP contribution in [0.5, 0.6) is 5.75 Å². The highest BCUT2D eigenvalue weighted by Crippen LogP contribution is 2.18. The number of ether oxygens (including phenoxy) is 1. The van der Waals surface area contributed by atoms with Gasteiger partial charge in [-0.25, -0.2) is 8.78 Å². The van der Waals surface area contributed by atoms with Gasteiger partial charge in [0, 0.05) is 12.6 Å². The Morgan fingerprint density at radius 3 is 2.67 bits per heavy atom. The highest BCUT2D eigenvalue weighted by atomic mass is 32.1. The van der Waals surface area contributed by atoms with E-state index in [1.165, 1.54) is 11.6 Å². The number of hydrogen-bond donors (Lipinski definition) is 1. The van der Waals surface area contributed by atoms with Gasteiger partial charge in [-0.05, 0) is 36.3 Å². The van der Waals surface area contributed by atoms with E-state index in [-0.39, 0.29) is 12.4 Å². The number of hydrogen-bond acceptors (Lipinski definition) is 3. The predicted octanol–water partition coefficient (Wildman–Crippen LogP) is 4.04. The molecule has 7 heteroatoms. The molecule has 0 amide bonds. The van der Waals surface area contributed by atoms with Crippen molar-refractivity contribution in [1.29, 1.82) is 0 Å². The summed E-state index contributed by atoms with van der Waals surface area (Å²) < 4.78 is 34.2. The molecule has 0 aliphatic carbocycles. The molecule has 0 atom stereocenters. The number of halogens is 2. The molecule has 1 aromatic heterocycles. The van der Waals surface area contributed by atoms with E-state index in [0.29, 0.717) is 17.1 Å². The maximum absolute atomic E-state index is 13.6. The van der Waals surface area contributed by atoms with Gasteiger partial charge >= 0.3 is 0 Å². The van der Waals surface area contributed by atoms with Gasteiger partial charge in [-0.15, -0.1) is 0 Å². The molecule has 3 rings (SSSR count). The quantitative estimate of drug-likeness (QED) is 0.684. The smallest absolute Gasteiger partial charge is 0.195 e. The van der Waals surface area contributed by atoms with E-state index in [1.807, 2.05) is 34.9 Å². The van der Waals surface area contributed by atoms with E-state index in [1.54, 1.807) is 0 Å². The van der Waals surface area contributed by atoms with Crippen molar-refractivity contribution in [3.63, 3.8) is 0 Å². The summed E-state index contributed by atoms with van der Waals surface area (Å²) in [5.41, 5.74) is 1.18. The third-order valence-corrected chi connectivity index (χ3v) is 3.87. The summed E-state index contributed by atoms with van der Waals surface area (Å²) in [6.07, 6.45) is 0.784. The Kier molecular flexibility index (Phi) is 5.00. The molecule has 3 aromatic rings. The first-order valence-electron chi connectivity index (χ1n) is 7.39. The van der Waals surface area contributed by atoms with Crippen molar-refractivity contribution in [3.8, 4) is 5.75 Å². The Labute approximate surface area is 142 Å². The average molecular weight is 347 g/mol. The van der Waals surface area contributed by atoms with E-state index in [9.17, 15) is 8.78 Å². The van der Waals surface area contributed by atoms with Crippen LogP contribution in [0.15, 0.2) is 48.5 Å². The van der Waals surface area contributed by atoms with E-state index >= 15 is 0 Å². The van der Waals surface area contributed by atoms with Gasteiger partial charge in [0.05, 0.1) is 0 Å². The van der Waals surface area contributed by atoms with Crippen molar-refractivity contribution in [1.82, 2.24) is 14.8 Å². The molecule has 124 valence electrons. The van der Waals surface area contributed by atoms with E-state index in [0.717, 1.165) is 18.6 Å². The minimum Gasteiger partial charge on any atom is -0.483 e. The molecule has 1 N–H and O–H groups in total. The lowest BCUT2D eigenvalue weighted by Crippen LogP contribution is -2.10. The third kappa shape index (κ3) is 3.86. The molecule has 24 heavy (non-hydrogen) atoms. The SMILES string of the molecule is Fc1ccc(OCc2n[nH]c(=S)n2CCc2ccccc2)c(F)c1. The Morgan fingerprint density at radius 1 is 1.12 bits per heavy atom. The molecular formula is C17H15F2N3OS. The van der Waals surface area contributed by atoms with Gasteiger partial charge in [0.25, 0.3) is 0 Å². The van der Waals surface area contributed by atoms with Crippen LogP contribution in [0, 0.1) is 16.4 Å². The summed E-state index contributed by atoms with van der Waals surface area (Å²) in [7, 11) is 0. The molecule has 0 saturated carbocycles. The molecule has 0 radical (unpaired) electrons. The Morgan fingerprint density at radius 2 is 1.92 bits per heavy atom. The Bertz CT molecular complexity index is 877. The standard InChI is InChI=1S/C17H15F2N3OS/c18-13-6-7-15(14(19)10-13)23-11-16-20-21-17(24)22(16)9-8-12-4-2-1-3-5-12/h1-7,10H,8-9,11H2,(H,21,24). The summed E-state index contributed by atoms with van der Waals surface area (Å²) >= 11 is 5.23. The molecule has 0 bridgehead atoms. The zero-order valence-electron chi connectivity index (χ0n) is 12.7. The van der Waals surface area contributed by atoms with Crippen molar-refractivity contribution in [2.45, 2.75) is 19.6 Å². The summed E-state index contributed by atoms with van der Waals surface area (Å²) in [6, 6.07) is 13.2. The van der Waals surface area contributed by atoms with Gasteiger partial charge in [-0.3, -0.25) is 5.10 Å². The van der Waals surface area contributed by atoms with Crippen molar-refractivity contribution in [3.05, 3.63) is 76.3 Å². The minimum atomic E-state index is -0.750. The molecule has 0 fully saturated rings. The number of H-pyrrole nitrogens is 1. The second-order valence-corrected chi connectivity index (χ2v) is 5.58. The normalized spacial score (nSPS) is 10.8.